The highest BCUT2D eigenvalue weighted by Crippen LogP contribution is 2.35. The number of aryl methyl sites for hydroxylation is 1. The van der Waals surface area contributed by atoms with Gasteiger partial charge in [-0.15, -0.1) is 0 Å². The van der Waals surface area contributed by atoms with E-state index in [1.54, 1.807) is 12.1 Å². The van der Waals surface area contributed by atoms with Crippen LogP contribution in [0.25, 0.3) is 0 Å². The van der Waals surface area contributed by atoms with E-state index >= 15 is 0 Å². The van der Waals surface area contributed by atoms with Gasteiger partial charge < -0.3 is 10.1 Å². The van der Waals surface area contributed by atoms with E-state index in [-0.39, 0.29) is 5.75 Å². The topological polar surface area (TPSA) is 38.3 Å². The summed E-state index contributed by atoms with van der Waals surface area (Å²) in [5.74, 6) is -0.926. The molecule has 23 heavy (non-hydrogen) atoms. The van der Waals surface area contributed by atoms with E-state index in [1.165, 1.54) is 18.2 Å². The largest absolute Gasteiger partial charge is 0.483 e. The number of alkyl halides is 3. The van der Waals surface area contributed by atoms with Gasteiger partial charge in [0.1, 0.15) is 5.75 Å². The van der Waals surface area contributed by atoms with E-state index in [9.17, 15) is 18.0 Å². The molecule has 0 aliphatic rings. The zero-order chi connectivity index (χ0) is 17.0. The number of carbonyl (C=O) groups is 1. The van der Waals surface area contributed by atoms with Gasteiger partial charge in [-0.3, -0.25) is 4.79 Å². The molecule has 0 atom stereocenters. The van der Waals surface area contributed by atoms with Crippen LogP contribution in [0.4, 0.5) is 18.9 Å². The number of benzene rings is 2. The number of rotatable bonds is 4. The molecule has 2 rings (SSSR count). The lowest BCUT2D eigenvalue weighted by molar-refractivity contribution is -0.139. The molecule has 7 heteroatoms. The van der Waals surface area contributed by atoms with Gasteiger partial charge in [0.15, 0.2) is 6.61 Å². The molecule has 122 valence electrons. The maximum absolute atomic E-state index is 12.8. The first kappa shape index (κ1) is 17.3. The molecule has 2 aromatic carbocycles. The van der Waals surface area contributed by atoms with Crippen LogP contribution < -0.4 is 10.1 Å². The average molecular weight is 388 g/mol. The van der Waals surface area contributed by atoms with E-state index in [2.05, 4.69) is 21.2 Å². The number of amides is 1. The van der Waals surface area contributed by atoms with E-state index in [0.29, 0.717) is 10.2 Å². The summed E-state index contributed by atoms with van der Waals surface area (Å²) >= 11 is 3.31. The Labute approximate surface area is 139 Å². The Morgan fingerprint density at radius 1 is 1.22 bits per heavy atom. The van der Waals surface area contributed by atoms with Crippen LogP contribution in [-0.2, 0) is 11.0 Å². The molecule has 1 N–H and O–H groups in total. The van der Waals surface area contributed by atoms with Crippen molar-refractivity contribution in [3.8, 4) is 5.75 Å². The molecule has 0 unspecified atom stereocenters. The van der Waals surface area contributed by atoms with Gasteiger partial charge in [0.25, 0.3) is 5.91 Å². The molecular formula is C16H13BrF3NO2. The molecule has 0 aromatic heterocycles. The molecule has 0 saturated carbocycles. The summed E-state index contributed by atoms with van der Waals surface area (Å²) in [6.07, 6.45) is -4.53. The van der Waals surface area contributed by atoms with Crippen molar-refractivity contribution in [3.05, 3.63) is 58.1 Å². The van der Waals surface area contributed by atoms with Crippen LogP contribution in [0.1, 0.15) is 11.1 Å². The first-order valence-corrected chi connectivity index (χ1v) is 7.41. The molecule has 3 nitrogen and oxygen atoms in total. The number of anilines is 1. The maximum atomic E-state index is 12.8. The number of hydrogen-bond donors (Lipinski definition) is 1. The molecule has 0 bridgehead atoms. The minimum Gasteiger partial charge on any atom is -0.483 e. The highest BCUT2D eigenvalue weighted by atomic mass is 79.9. The Balaban J connectivity index is 2.03. The van der Waals surface area contributed by atoms with Gasteiger partial charge in [0.2, 0.25) is 0 Å². The second-order valence-corrected chi connectivity index (χ2v) is 5.67. The Morgan fingerprint density at radius 2 is 1.91 bits per heavy atom. The normalized spacial score (nSPS) is 11.2. The molecular weight excluding hydrogens is 375 g/mol. The van der Waals surface area contributed by atoms with Gasteiger partial charge in [0.05, 0.1) is 11.3 Å². The Hall–Kier alpha value is -2.02. The molecule has 1 amide bonds. The molecule has 0 fully saturated rings. The fourth-order valence-corrected chi connectivity index (χ4v) is 2.47. The predicted molar refractivity (Wildman–Crippen MR) is 84.4 cm³/mol. The molecule has 0 aliphatic heterocycles. The Bertz CT molecular complexity index is 717. The van der Waals surface area contributed by atoms with Crippen LogP contribution in [0.5, 0.6) is 5.75 Å². The number of nitrogens with one attached hydrogen (secondary N) is 1. The van der Waals surface area contributed by atoms with Crippen molar-refractivity contribution in [2.75, 3.05) is 11.9 Å². The van der Waals surface area contributed by atoms with Crippen LogP contribution in [0.3, 0.4) is 0 Å². The van der Waals surface area contributed by atoms with E-state index in [4.69, 9.17) is 4.74 Å². The first-order valence-electron chi connectivity index (χ1n) is 6.62. The van der Waals surface area contributed by atoms with Crippen molar-refractivity contribution in [1.82, 2.24) is 0 Å². The Kier molecular flexibility index (Phi) is 5.30. The van der Waals surface area contributed by atoms with Crippen molar-refractivity contribution < 1.29 is 22.7 Å². The van der Waals surface area contributed by atoms with Crippen LogP contribution >= 0.6 is 15.9 Å². The van der Waals surface area contributed by atoms with Gasteiger partial charge in [-0.1, -0.05) is 18.2 Å². The highest BCUT2D eigenvalue weighted by molar-refractivity contribution is 9.10. The second kappa shape index (κ2) is 7.04. The van der Waals surface area contributed by atoms with Gasteiger partial charge in [0, 0.05) is 4.47 Å². The van der Waals surface area contributed by atoms with Crippen molar-refractivity contribution in [3.63, 3.8) is 0 Å². The molecule has 0 saturated heterocycles. The third-order valence-electron chi connectivity index (χ3n) is 2.95. The standard InChI is InChI=1S/C16H13BrF3NO2/c1-10-6-7-13(12(17)8-10)21-15(22)9-23-14-5-3-2-4-11(14)16(18,19)20/h2-8H,9H2,1H3,(H,21,22). The van der Waals surface area contributed by atoms with Crippen molar-refractivity contribution in [2.45, 2.75) is 13.1 Å². The molecule has 0 aliphatic carbocycles. The third-order valence-corrected chi connectivity index (χ3v) is 3.61. The van der Waals surface area contributed by atoms with Crippen LogP contribution in [0, 0.1) is 6.92 Å². The lowest BCUT2D eigenvalue weighted by Gasteiger charge is -2.14. The van der Waals surface area contributed by atoms with E-state index < -0.39 is 24.3 Å². The van der Waals surface area contributed by atoms with E-state index in [1.807, 2.05) is 13.0 Å². The van der Waals surface area contributed by atoms with Crippen LogP contribution in [0.2, 0.25) is 0 Å². The summed E-state index contributed by atoms with van der Waals surface area (Å²) in [5.41, 5.74) is 0.614. The summed E-state index contributed by atoms with van der Waals surface area (Å²) < 4.78 is 44.2. The average Bonchev–Trinajstić information content (AvgIpc) is 2.47. The quantitative estimate of drug-likeness (QED) is 0.818. The number of hydrogen-bond acceptors (Lipinski definition) is 2. The number of halogens is 4. The Morgan fingerprint density at radius 3 is 2.57 bits per heavy atom. The minimum atomic E-state index is -4.53. The molecule has 0 heterocycles. The zero-order valence-corrected chi connectivity index (χ0v) is 13.7. The highest BCUT2D eigenvalue weighted by Gasteiger charge is 2.34. The zero-order valence-electron chi connectivity index (χ0n) is 12.1. The van der Waals surface area contributed by atoms with Gasteiger partial charge in [-0.2, -0.15) is 13.2 Å². The van der Waals surface area contributed by atoms with Gasteiger partial charge in [-0.05, 0) is 52.7 Å². The van der Waals surface area contributed by atoms with Crippen molar-refractivity contribution >= 4 is 27.5 Å². The van der Waals surface area contributed by atoms with Crippen molar-refractivity contribution in [1.29, 1.82) is 0 Å². The minimum absolute atomic E-state index is 0.377. The molecule has 0 spiro atoms. The van der Waals surface area contributed by atoms with Crippen molar-refractivity contribution in [2.24, 2.45) is 0 Å². The summed E-state index contributed by atoms with van der Waals surface area (Å²) in [6.45, 7) is 1.38. The third kappa shape index (κ3) is 4.72. The fourth-order valence-electron chi connectivity index (χ4n) is 1.88. The van der Waals surface area contributed by atoms with E-state index in [0.717, 1.165) is 11.6 Å². The second-order valence-electron chi connectivity index (χ2n) is 4.81. The lowest BCUT2D eigenvalue weighted by atomic mass is 10.2. The summed E-state index contributed by atoms with van der Waals surface area (Å²) in [4.78, 5) is 11.8. The predicted octanol–water partition coefficient (Wildman–Crippen LogP) is 4.79. The van der Waals surface area contributed by atoms with Gasteiger partial charge in [-0.25, -0.2) is 0 Å². The maximum Gasteiger partial charge on any atom is 0.419 e. The van der Waals surface area contributed by atoms with Crippen LogP contribution in [-0.4, -0.2) is 12.5 Å². The first-order chi connectivity index (χ1) is 10.8. The number of para-hydroxylation sites is 1. The summed E-state index contributed by atoms with van der Waals surface area (Å²) in [7, 11) is 0. The van der Waals surface area contributed by atoms with Gasteiger partial charge >= 0.3 is 6.18 Å². The molecule has 2 aromatic rings. The number of ether oxygens (including phenoxy) is 1. The monoisotopic (exact) mass is 387 g/mol. The fraction of sp³-hybridized carbons (Fsp3) is 0.188. The van der Waals surface area contributed by atoms with Crippen LogP contribution in [0.15, 0.2) is 46.9 Å². The summed E-state index contributed by atoms with van der Waals surface area (Å²) in [5, 5.41) is 2.57. The SMILES string of the molecule is Cc1ccc(NC(=O)COc2ccccc2C(F)(F)F)c(Br)c1. The molecule has 0 radical (unpaired) electrons. The summed E-state index contributed by atoms with van der Waals surface area (Å²) in [6, 6.07) is 10.1. The number of carbonyl (C=O) groups excluding carboxylic acids is 1. The lowest BCUT2D eigenvalue weighted by Crippen LogP contribution is -2.21. The smallest absolute Gasteiger partial charge is 0.419 e.